The molecular weight excluding hydrogens is 436 g/mol. The number of aryl methyl sites for hydroxylation is 1. The Balaban J connectivity index is 2.02. The molecular formula is C21H22F4N2O3S. The first-order chi connectivity index (χ1) is 14.5. The Kier molecular flexibility index (Phi) is 6.43. The number of nitrogens with zero attached hydrogens (tertiary/aromatic N) is 1. The number of alkyl halides is 4. The number of halogens is 4. The number of benzene rings is 2. The van der Waals surface area contributed by atoms with Crippen LogP contribution in [0.1, 0.15) is 30.0 Å². The standard InChI is InChI=1S/C21H22F4N2O3S/c1-15-9-11-17(12-10-15)31(29,30)26-18(16-7-3-2-4-8-16)20(22,23)21(24,25)19(28)27-13-5-6-14-27/h2-4,7-12,18,26H,5-6,13-14H2,1H3. The van der Waals surface area contributed by atoms with Crippen LogP contribution < -0.4 is 4.72 Å². The van der Waals surface area contributed by atoms with E-state index >= 15 is 8.78 Å². The van der Waals surface area contributed by atoms with Gasteiger partial charge in [0.15, 0.2) is 0 Å². The normalized spacial score (nSPS) is 16.4. The fourth-order valence-corrected chi connectivity index (χ4v) is 4.60. The predicted molar refractivity (Wildman–Crippen MR) is 106 cm³/mol. The van der Waals surface area contributed by atoms with Crippen molar-refractivity contribution in [3.05, 3.63) is 65.7 Å². The van der Waals surface area contributed by atoms with Gasteiger partial charge in [-0.05, 0) is 37.5 Å². The lowest BCUT2D eigenvalue weighted by atomic mass is 9.96. The number of amides is 1. The van der Waals surface area contributed by atoms with Crippen molar-refractivity contribution in [3.8, 4) is 0 Å². The predicted octanol–water partition coefficient (Wildman–Crippen LogP) is 3.91. The van der Waals surface area contributed by atoms with Gasteiger partial charge in [-0.15, -0.1) is 0 Å². The molecule has 1 atom stereocenters. The minimum atomic E-state index is -5.12. The molecule has 1 amide bonds. The van der Waals surface area contributed by atoms with Crippen LogP contribution in [0.2, 0.25) is 0 Å². The zero-order valence-electron chi connectivity index (χ0n) is 16.7. The molecule has 1 aliphatic heterocycles. The van der Waals surface area contributed by atoms with Gasteiger partial charge in [-0.25, -0.2) is 8.42 Å². The zero-order valence-corrected chi connectivity index (χ0v) is 17.5. The number of likely N-dealkylation sites (tertiary alicyclic amines) is 1. The average Bonchev–Trinajstić information content (AvgIpc) is 3.27. The first kappa shape index (κ1) is 23.2. The van der Waals surface area contributed by atoms with Gasteiger partial charge in [0.2, 0.25) is 10.0 Å². The molecule has 0 bridgehead atoms. The topological polar surface area (TPSA) is 66.5 Å². The molecule has 3 rings (SSSR count). The second-order valence-corrected chi connectivity index (χ2v) is 9.19. The van der Waals surface area contributed by atoms with Gasteiger partial charge in [-0.1, -0.05) is 48.0 Å². The maximum atomic E-state index is 15.2. The van der Waals surface area contributed by atoms with Gasteiger partial charge in [0.25, 0.3) is 5.91 Å². The summed E-state index contributed by atoms with van der Waals surface area (Å²) in [6, 6.07) is 8.93. The minimum absolute atomic E-state index is 0.0460. The first-order valence-corrected chi connectivity index (χ1v) is 11.1. The van der Waals surface area contributed by atoms with Crippen molar-refractivity contribution in [2.75, 3.05) is 13.1 Å². The van der Waals surface area contributed by atoms with Crippen LogP contribution in [0.25, 0.3) is 0 Å². The lowest BCUT2D eigenvalue weighted by Crippen LogP contribution is -2.58. The number of carbonyl (C=O) groups excluding carboxylic acids is 1. The van der Waals surface area contributed by atoms with Crippen LogP contribution >= 0.6 is 0 Å². The maximum absolute atomic E-state index is 15.2. The van der Waals surface area contributed by atoms with Crippen LogP contribution in [0.4, 0.5) is 17.6 Å². The Morgan fingerprint density at radius 1 is 0.968 bits per heavy atom. The monoisotopic (exact) mass is 458 g/mol. The number of sulfonamides is 1. The van der Waals surface area contributed by atoms with Crippen molar-refractivity contribution >= 4 is 15.9 Å². The van der Waals surface area contributed by atoms with Gasteiger partial charge in [0, 0.05) is 13.1 Å². The van der Waals surface area contributed by atoms with Crippen LogP contribution in [-0.4, -0.2) is 44.2 Å². The highest BCUT2D eigenvalue weighted by Crippen LogP contribution is 2.45. The number of nitrogens with one attached hydrogen (secondary N) is 1. The average molecular weight is 458 g/mol. The van der Waals surface area contributed by atoms with Gasteiger partial charge in [0.05, 0.1) is 4.90 Å². The van der Waals surface area contributed by atoms with Gasteiger partial charge in [-0.3, -0.25) is 4.79 Å². The number of carbonyl (C=O) groups is 1. The molecule has 1 heterocycles. The van der Waals surface area contributed by atoms with Gasteiger partial charge in [0.1, 0.15) is 6.04 Å². The van der Waals surface area contributed by atoms with E-state index in [4.69, 9.17) is 0 Å². The second kappa shape index (κ2) is 8.58. The molecule has 1 fully saturated rings. The van der Waals surface area contributed by atoms with E-state index in [9.17, 15) is 22.0 Å². The molecule has 0 aliphatic carbocycles. The van der Waals surface area contributed by atoms with Crippen LogP contribution in [0.3, 0.4) is 0 Å². The number of hydrogen-bond donors (Lipinski definition) is 1. The maximum Gasteiger partial charge on any atom is 0.388 e. The Labute approximate surface area is 178 Å². The van der Waals surface area contributed by atoms with E-state index in [1.54, 1.807) is 11.6 Å². The molecule has 1 N–H and O–H groups in total. The van der Waals surface area contributed by atoms with E-state index in [1.165, 1.54) is 42.5 Å². The molecule has 1 saturated heterocycles. The Morgan fingerprint density at radius 2 is 1.52 bits per heavy atom. The summed E-state index contributed by atoms with van der Waals surface area (Å²) in [6.45, 7) is 1.61. The third kappa shape index (κ3) is 4.59. The van der Waals surface area contributed by atoms with Crippen LogP contribution in [0, 0.1) is 6.92 Å². The van der Waals surface area contributed by atoms with E-state index in [-0.39, 0.29) is 18.0 Å². The van der Waals surface area contributed by atoms with E-state index < -0.39 is 39.4 Å². The van der Waals surface area contributed by atoms with Crippen molar-refractivity contribution in [1.29, 1.82) is 0 Å². The largest absolute Gasteiger partial charge is 0.388 e. The lowest BCUT2D eigenvalue weighted by molar-refractivity contribution is -0.227. The Bertz CT molecular complexity index is 1020. The third-order valence-electron chi connectivity index (χ3n) is 5.18. The third-order valence-corrected chi connectivity index (χ3v) is 6.62. The second-order valence-electron chi connectivity index (χ2n) is 7.47. The molecule has 0 aromatic heterocycles. The summed E-state index contributed by atoms with van der Waals surface area (Å²) in [4.78, 5) is 12.6. The van der Waals surface area contributed by atoms with Crippen LogP contribution in [-0.2, 0) is 14.8 Å². The highest BCUT2D eigenvalue weighted by atomic mass is 32.2. The molecule has 0 spiro atoms. The fraction of sp³-hybridized carbons (Fsp3) is 0.381. The van der Waals surface area contributed by atoms with Crippen molar-refractivity contribution in [1.82, 2.24) is 9.62 Å². The van der Waals surface area contributed by atoms with Crippen molar-refractivity contribution in [3.63, 3.8) is 0 Å². The molecule has 2 aromatic rings. The minimum Gasteiger partial charge on any atom is -0.337 e. The lowest BCUT2D eigenvalue weighted by Gasteiger charge is -2.34. The van der Waals surface area contributed by atoms with Crippen molar-refractivity contribution in [2.24, 2.45) is 0 Å². The van der Waals surface area contributed by atoms with Gasteiger partial charge in [-0.2, -0.15) is 22.3 Å². The molecule has 0 radical (unpaired) electrons. The van der Waals surface area contributed by atoms with Gasteiger partial charge < -0.3 is 4.90 Å². The quantitative estimate of drug-likeness (QED) is 0.640. The molecule has 168 valence electrons. The highest BCUT2D eigenvalue weighted by molar-refractivity contribution is 7.89. The summed E-state index contributed by atoms with van der Waals surface area (Å²) in [5.74, 6) is -12.2. The smallest absolute Gasteiger partial charge is 0.337 e. The summed E-state index contributed by atoms with van der Waals surface area (Å²) in [7, 11) is -4.60. The summed E-state index contributed by atoms with van der Waals surface area (Å²) < 4.78 is 87.4. The summed E-state index contributed by atoms with van der Waals surface area (Å²) in [6.07, 6.45) is 0.880. The van der Waals surface area contributed by atoms with E-state index in [0.717, 1.165) is 17.7 Å². The van der Waals surface area contributed by atoms with Crippen molar-refractivity contribution < 1.29 is 30.8 Å². The van der Waals surface area contributed by atoms with Crippen LogP contribution in [0.15, 0.2) is 59.5 Å². The van der Waals surface area contributed by atoms with Gasteiger partial charge >= 0.3 is 11.8 Å². The summed E-state index contributed by atoms with van der Waals surface area (Å²) >= 11 is 0. The molecule has 5 nitrogen and oxygen atoms in total. The molecule has 1 unspecified atom stereocenters. The number of hydrogen-bond acceptors (Lipinski definition) is 3. The molecule has 10 heteroatoms. The summed E-state index contributed by atoms with van der Waals surface area (Å²) in [5.41, 5.74) is 0.337. The van der Waals surface area contributed by atoms with Crippen LogP contribution in [0.5, 0.6) is 0 Å². The van der Waals surface area contributed by atoms with E-state index in [1.807, 2.05) is 0 Å². The Hall–Kier alpha value is -2.46. The fourth-order valence-electron chi connectivity index (χ4n) is 3.38. The molecule has 1 aliphatic rings. The highest BCUT2D eigenvalue weighted by Gasteiger charge is 2.67. The Morgan fingerprint density at radius 3 is 2.06 bits per heavy atom. The SMILES string of the molecule is Cc1ccc(S(=O)(=O)NC(c2ccccc2)C(F)(F)C(F)(F)C(=O)N2CCCC2)cc1. The van der Waals surface area contributed by atoms with E-state index in [0.29, 0.717) is 17.7 Å². The molecule has 2 aromatic carbocycles. The number of rotatable bonds is 7. The first-order valence-electron chi connectivity index (χ1n) is 9.66. The molecule has 31 heavy (non-hydrogen) atoms. The van der Waals surface area contributed by atoms with Crippen molar-refractivity contribution in [2.45, 2.75) is 42.5 Å². The van der Waals surface area contributed by atoms with E-state index in [2.05, 4.69) is 0 Å². The molecule has 0 saturated carbocycles. The summed E-state index contributed by atoms with van der Waals surface area (Å²) in [5, 5.41) is 0. The zero-order chi connectivity index (χ0) is 22.9.